The van der Waals surface area contributed by atoms with Gasteiger partial charge >= 0.3 is 0 Å². The second kappa shape index (κ2) is 4.70. The van der Waals surface area contributed by atoms with Crippen LogP contribution in [-0.2, 0) is 16.4 Å². The molecule has 0 unspecified atom stereocenters. The summed E-state index contributed by atoms with van der Waals surface area (Å²) in [5.41, 5.74) is 3.45. The van der Waals surface area contributed by atoms with Crippen LogP contribution >= 0.6 is 0 Å². The highest BCUT2D eigenvalue weighted by molar-refractivity contribution is 7.92. The molecule has 1 aromatic rings. The summed E-state index contributed by atoms with van der Waals surface area (Å²) in [6.07, 6.45) is 2.06. The highest BCUT2D eigenvalue weighted by Gasteiger charge is 2.08. The molecule has 0 aromatic heterocycles. The van der Waals surface area contributed by atoms with Crippen molar-refractivity contribution in [1.82, 2.24) is 0 Å². The lowest BCUT2D eigenvalue weighted by atomic mass is 10.0. The average molecular weight is 239 g/mol. The van der Waals surface area contributed by atoms with E-state index in [0.29, 0.717) is 5.69 Å². The number of anilines is 1. The molecule has 0 aliphatic heterocycles. The molecule has 1 N–H and O–H groups in total. The lowest BCUT2D eigenvalue weighted by Gasteiger charge is -2.12. The van der Waals surface area contributed by atoms with E-state index in [4.69, 9.17) is 0 Å². The zero-order chi connectivity index (χ0) is 12.3. The maximum atomic E-state index is 11.2. The quantitative estimate of drug-likeness (QED) is 0.878. The normalized spacial score (nSPS) is 11.2. The van der Waals surface area contributed by atoms with Crippen molar-refractivity contribution in [3.05, 3.63) is 35.9 Å². The molecule has 0 bridgehead atoms. The standard InChI is InChI=1S/C12H17NO2S/c1-5-10-6-7-12(13-16(4,14)15)11(8-10)9(2)3/h6-8,13H,2,5H2,1,3-4H3. The van der Waals surface area contributed by atoms with E-state index in [-0.39, 0.29) is 0 Å². The van der Waals surface area contributed by atoms with Crippen molar-refractivity contribution in [2.45, 2.75) is 20.3 Å². The fourth-order valence-corrected chi connectivity index (χ4v) is 2.03. The molecule has 0 atom stereocenters. The van der Waals surface area contributed by atoms with Gasteiger partial charge in [-0.2, -0.15) is 0 Å². The Morgan fingerprint density at radius 3 is 2.50 bits per heavy atom. The van der Waals surface area contributed by atoms with Crippen molar-refractivity contribution in [1.29, 1.82) is 0 Å². The maximum Gasteiger partial charge on any atom is 0.229 e. The molecule has 0 saturated carbocycles. The molecule has 0 fully saturated rings. The van der Waals surface area contributed by atoms with Gasteiger partial charge in [-0.1, -0.05) is 19.6 Å². The van der Waals surface area contributed by atoms with E-state index in [1.807, 2.05) is 19.1 Å². The first-order valence-corrected chi connectivity index (χ1v) is 6.99. The van der Waals surface area contributed by atoms with Crippen molar-refractivity contribution in [2.75, 3.05) is 11.0 Å². The predicted octanol–water partition coefficient (Wildman–Crippen LogP) is 2.65. The van der Waals surface area contributed by atoms with Gasteiger partial charge in [-0.25, -0.2) is 8.42 Å². The van der Waals surface area contributed by atoms with Crippen LogP contribution in [0.3, 0.4) is 0 Å². The highest BCUT2D eigenvalue weighted by Crippen LogP contribution is 2.24. The Balaban J connectivity index is 3.23. The minimum atomic E-state index is -3.24. The number of rotatable bonds is 4. The molecule has 0 amide bonds. The molecule has 16 heavy (non-hydrogen) atoms. The smallest absolute Gasteiger partial charge is 0.229 e. The third-order valence-corrected chi connectivity index (χ3v) is 2.84. The number of nitrogens with one attached hydrogen (secondary N) is 1. The van der Waals surface area contributed by atoms with Gasteiger partial charge in [0.25, 0.3) is 0 Å². The number of hydrogen-bond acceptors (Lipinski definition) is 2. The zero-order valence-corrected chi connectivity index (χ0v) is 10.7. The van der Waals surface area contributed by atoms with Gasteiger partial charge in [0.2, 0.25) is 10.0 Å². The molecule has 0 aliphatic rings. The van der Waals surface area contributed by atoms with Crippen LogP contribution < -0.4 is 4.72 Å². The van der Waals surface area contributed by atoms with Crippen LogP contribution in [0.15, 0.2) is 24.8 Å². The summed E-state index contributed by atoms with van der Waals surface area (Å²) in [4.78, 5) is 0. The van der Waals surface area contributed by atoms with E-state index in [2.05, 4.69) is 18.2 Å². The fraction of sp³-hybridized carbons (Fsp3) is 0.333. The Bertz CT molecular complexity index is 504. The third-order valence-electron chi connectivity index (χ3n) is 2.25. The number of aryl methyl sites for hydroxylation is 1. The highest BCUT2D eigenvalue weighted by atomic mass is 32.2. The van der Waals surface area contributed by atoms with E-state index in [9.17, 15) is 8.42 Å². The first-order valence-electron chi connectivity index (χ1n) is 5.10. The van der Waals surface area contributed by atoms with E-state index >= 15 is 0 Å². The average Bonchev–Trinajstić information content (AvgIpc) is 2.15. The Morgan fingerprint density at radius 2 is 2.06 bits per heavy atom. The van der Waals surface area contributed by atoms with E-state index in [1.54, 1.807) is 6.07 Å². The monoisotopic (exact) mass is 239 g/mol. The van der Waals surface area contributed by atoms with Crippen molar-refractivity contribution < 1.29 is 8.42 Å². The molecule has 1 rings (SSSR count). The number of allylic oxidation sites excluding steroid dienone is 1. The largest absolute Gasteiger partial charge is 0.283 e. The van der Waals surface area contributed by atoms with Gasteiger partial charge in [-0.3, -0.25) is 4.72 Å². The topological polar surface area (TPSA) is 46.2 Å². The Hall–Kier alpha value is -1.29. The molecule has 88 valence electrons. The van der Waals surface area contributed by atoms with Crippen molar-refractivity contribution in [2.24, 2.45) is 0 Å². The molecule has 0 saturated heterocycles. The first kappa shape index (κ1) is 12.8. The van der Waals surface area contributed by atoms with Gasteiger partial charge in [0.15, 0.2) is 0 Å². The van der Waals surface area contributed by atoms with Gasteiger partial charge in [-0.15, -0.1) is 0 Å². The third kappa shape index (κ3) is 3.38. The zero-order valence-electron chi connectivity index (χ0n) is 9.87. The van der Waals surface area contributed by atoms with E-state index < -0.39 is 10.0 Å². The summed E-state index contributed by atoms with van der Waals surface area (Å²) in [5, 5.41) is 0. The predicted molar refractivity (Wildman–Crippen MR) is 69.0 cm³/mol. The van der Waals surface area contributed by atoms with Gasteiger partial charge in [0.1, 0.15) is 0 Å². The van der Waals surface area contributed by atoms with Crippen LogP contribution in [-0.4, -0.2) is 14.7 Å². The van der Waals surface area contributed by atoms with E-state index in [0.717, 1.165) is 29.4 Å². The van der Waals surface area contributed by atoms with Crippen molar-refractivity contribution in [3.8, 4) is 0 Å². The molecule has 0 radical (unpaired) electrons. The Morgan fingerprint density at radius 1 is 1.44 bits per heavy atom. The second-order valence-corrected chi connectivity index (χ2v) is 5.64. The van der Waals surface area contributed by atoms with Gasteiger partial charge in [-0.05, 0) is 36.6 Å². The maximum absolute atomic E-state index is 11.2. The van der Waals surface area contributed by atoms with Crippen molar-refractivity contribution in [3.63, 3.8) is 0 Å². The summed E-state index contributed by atoms with van der Waals surface area (Å²) in [6.45, 7) is 7.78. The molecule has 0 aliphatic carbocycles. The SMILES string of the molecule is C=C(C)c1cc(CC)ccc1NS(C)(=O)=O. The van der Waals surface area contributed by atoms with Crippen LogP contribution in [0.2, 0.25) is 0 Å². The van der Waals surface area contributed by atoms with Gasteiger partial charge < -0.3 is 0 Å². The van der Waals surface area contributed by atoms with Crippen LogP contribution in [0.1, 0.15) is 25.0 Å². The Labute approximate surface area is 97.2 Å². The lowest BCUT2D eigenvalue weighted by molar-refractivity contribution is 0.607. The van der Waals surface area contributed by atoms with Crippen LogP contribution in [0, 0.1) is 0 Å². The Kier molecular flexibility index (Phi) is 3.75. The minimum absolute atomic E-state index is 0.590. The molecule has 0 spiro atoms. The number of hydrogen-bond donors (Lipinski definition) is 1. The molecule has 3 nitrogen and oxygen atoms in total. The molecular formula is C12H17NO2S. The second-order valence-electron chi connectivity index (χ2n) is 3.89. The minimum Gasteiger partial charge on any atom is -0.283 e. The molecule has 0 heterocycles. The number of benzene rings is 1. The molecule has 4 heteroatoms. The fourth-order valence-electron chi connectivity index (χ4n) is 1.45. The van der Waals surface area contributed by atoms with Gasteiger partial charge in [0.05, 0.1) is 11.9 Å². The van der Waals surface area contributed by atoms with Crippen LogP contribution in [0.25, 0.3) is 5.57 Å². The summed E-state index contributed by atoms with van der Waals surface area (Å²) in [5.74, 6) is 0. The number of sulfonamides is 1. The van der Waals surface area contributed by atoms with Crippen LogP contribution in [0.5, 0.6) is 0 Å². The summed E-state index contributed by atoms with van der Waals surface area (Å²) in [6, 6.07) is 5.67. The summed E-state index contributed by atoms with van der Waals surface area (Å²) >= 11 is 0. The molecule has 1 aromatic carbocycles. The first-order chi connectivity index (χ1) is 7.33. The van der Waals surface area contributed by atoms with Gasteiger partial charge in [0, 0.05) is 5.56 Å². The van der Waals surface area contributed by atoms with E-state index in [1.165, 1.54) is 0 Å². The van der Waals surface area contributed by atoms with Crippen molar-refractivity contribution >= 4 is 21.3 Å². The molecular weight excluding hydrogens is 222 g/mol. The van der Waals surface area contributed by atoms with Crippen LogP contribution in [0.4, 0.5) is 5.69 Å². The summed E-state index contributed by atoms with van der Waals surface area (Å²) < 4.78 is 24.9. The lowest BCUT2D eigenvalue weighted by Crippen LogP contribution is -2.11. The summed E-state index contributed by atoms with van der Waals surface area (Å²) in [7, 11) is -3.24.